The fourth-order valence-corrected chi connectivity index (χ4v) is 7.49. The number of unbranched alkanes of at least 4 members (excludes halogenated alkanes) is 23. The highest BCUT2D eigenvalue weighted by atomic mass is 16.7. The molecule has 0 spiro atoms. The largest absolute Gasteiger partial charge is 0.394 e. The molecule has 1 heterocycles. The van der Waals surface area contributed by atoms with Crippen molar-refractivity contribution in [3.63, 3.8) is 0 Å². The number of aliphatic hydroxyl groups is 7. The third kappa shape index (κ3) is 26.7. The van der Waals surface area contributed by atoms with E-state index in [9.17, 15) is 40.5 Å². The van der Waals surface area contributed by atoms with Gasteiger partial charge in [0.05, 0.1) is 25.4 Å². The van der Waals surface area contributed by atoms with E-state index in [1.54, 1.807) is 0 Å². The van der Waals surface area contributed by atoms with Gasteiger partial charge < -0.3 is 50.5 Å². The SMILES string of the molecule is CCCCCCCCC/C=C\CCCCCCC(O)C(=O)NC(COC1OC(CO)C(O)C(O)C1O)C(O)C(O)CCC/C=C/CCCCCCCCCCCCC. The van der Waals surface area contributed by atoms with E-state index in [0.717, 1.165) is 51.4 Å². The first-order valence-corrected chi connectivity index (χ1v) is 23.7. The van der Waals surface area contributed by atoms with Gasteiger partial charge in [-0.05, 0) is 64.2 Å². The number of ether oxygens (including phenoxy) is 2. The number of carbonyl (C=O) groups is 1. The second kappa shape index (κ2) is 37.4. The minimum absolute atomic E-state index is 0.240. The van der Waals surface area contributed by atoms with Crippen LogP contribution in [0.2, 0.25) is 0 Å². The number of aliphatic hydroxyl groups excluding tert-OH is 7. The van der Waals surface area contributed by atoms with E-state index in [2.05, 4.69) is 43.5 Å². The van der Waals surface area contributed by atoms with Crippen molar-refractivity contribution in [3.05, 3.63) is 24.3 Å². The monoisotopic (exact) mass is 828 g/mol. The summed E-state index contributed by atoms with van der Waals surface area (Å²) in [7, 11) is 0. The number of rotatable bonds is 39. The van der Waals surface area contributed by atoms with Crippen molar-refractivity contribution >= 4 is 5.91 Å². The highest BCUT2D eigenvalue weighted by molar-refractivity contribution is 5.80. The molecule has 0 aliphatic carbocycles. The molecule has 58 heavy (non-hydrogen) atoms. The van der Waals surface area contributed by atoms with E-state index in [1.807, 2.05) is 0 Å². The molecular formula is C47H89NO10. The number of carbonyl (C=O) groups excluding carboxylic acids is 1. The average molecular weight is 828 g/mol. The lowest BCUT2D eigenvalue weighted by Gasteiger charge is -2.40. The van der Waals surface area contributed by atoms with Crippen LogP contribution in [-0.4, -0.2) is 110 Å². The third-order valence-electron chi connectivity index (χ3n) is 11.5. The highest BCUT2D eigenvalue weighted by Crippen LogP contribution is 2.23. The van der Waals surface area contributed by atoms with E-state index >= 15 is 0 Å². The predicted molar refractivity (Wildman–Crippen MR) is 233 cm³/mol. The molecule has 1 amide bonds. The Morgan fingerprint density at radius 1 is 0.586 bits per heavy atom. The first kappa shape index (κ1) is 54.6. The molecule has 1 saturated heterocycles. The summed E-state index contributed by atoms with van der Waals surface area (Å²) >= 11 is 0. The zero-order valence-corrected chi connectivity index (χ0v) is 36.8. The number of nitrogens with one attached hydrogen (secondary N) is 1. The molecule has 1 fully saturated rings. The number of amides is 1. The average Bonchev–Trinajstić information content (AvgIpc) is 3.22. The van der Waals surface area contributed by atoms with E-state index in [-0.39, 0.29) is 12.8 Å². The molecule has 0 aromatic rings. The Hall–Kier alpha value is -1.41. The van der Waals surface area contributed by atoms with Gasteiger partial charge in [0.1, 0.15) is 36.6 Å². The van der Waals surface area contributed by atoms with Crippen LogP contribution < -0.4 is 5.32 Å². The van der Waals surface area contributed by atoms with Gasteiger partial charge in [0, 0.05) is 0 Å². The van der Waals surface area contributed by atoms with Crippen LogP contribution in [0, 0.1) is 0 Å². The molecule has 11 nitrogen and oxygen atoms in total. The standard InChI is InChI=1S/C47H89NO10/c1-3-5-7-9-11-13-15-17-19-21-22-24-26-28-30-32-34-39(50)42(52)38(37-57-47-45(55)44(54)43(53)41(36-49)58-47)48-46(56)40(51)35-33-31-29-27-25-23-20-18-16-14-12-10-8-6-4-2/h20,23,26,28,38-45,47,49-55H,3-19,21-22,24-25,27,29-37H2,1-2H3,(H,48,56)/b23-20-,28-26+. The smallest absolute Gasteiger partial charge is 0.249 e. The zero-order valence-electron chi connectivity index (χ0n) is 36.8. The Bertz CT molecular complexity index is 997. The predicted octanol–water partition coefficient (Wildman–Crippen LogP) is 7.84. The first-order valence-electron chi connectivity index (χ1n) is 23.7. The van der Waals surface area contributed by atoms with Crippen molar-refractivity contribution in [1.82, 2.24) is 5.32 Å². The van der Waals surface area contributed by atoms with Crippen molar-refractivity contribution in [1.29, 1.82) is 0 Å². The van der Waals surface area contributed by atoms with Crippen molar-refractivity contribution in [2.75, 3.05) is 13.2 Å². The summed E-state index contributed by atoms with van der Waals surface area (Å²) in [5, 5.41) is 75.6. The minimum Gasteiger partial charge on any atom is -0.394 e. The first-order chi connectivity index (χ1) is 28.2. The van der Waals surface area contributed by atoms with Gasteiger partial charge in [-0.3, -0.25) is 4.79 Å². The lowest BCUT2D eigenvalue weighted by atomic mass is 9.98. The molecule has 0 saturated carbocycles. The Balaban J connectivity index is 2.48. The second-order valence-corrected chi connectivity index (χ2v) is 16.8. The summed E-state index contributed by atoms with van der Waals surface area (Å²) in [4.78, 5) is 13.1. The van der Waals surface area contributed by atoms with Gasteiger partial charge in [-0.25, -0.2) is 0 Å². The summed E-state index contributed by atoms with van der Waals surface area (Å²) in [6.07, 6.45) is 29.4. The minimum atomic E-state index is -1.67. The molecule has 1 rings (SSSR count). The van der Waals surface area contributed by atoms with Crippen molar-refractivity contribution in [2.24, 2.45) is 0 Å². The molecule has 8 N–H and O–H groups in total. The topological polar surface area (TPSA) is 189 Å². The van der Waals surface area contributed by atoms with Crippen LogP contribution >= 0.6 is 0 Å². The maximum Gasteiger partial charge on any atom is 0.249 e. The van der Waals surface area contributed by atoms with Gasteiger partial charge in [0.15, 0.2) is 6.29 Å². The second-order valence-electron chi connectivity index (χ2n) is 16.8. The van der Waals surface area contributed by atoms with E-state index in [4.69, 9.17) is 9.47 Å². The van der Waals surface area contributed by atoms with Gasteiger partial charge in [-0.2, -0.15) is 0 Å². The fraction of sp³-hybridized carbons (Fsp3) is 0.894. The van der Waals surface area contributed by atoms with Gasteiger partial charge in [-0.15, -0.1) is 0 Å². The summed E-state index contributed by atoms with van der Waals surface area (Å²) in [5.41, 5.74) is 0. The van der Waals surface area contributed by atoms with E-state index < -0.39 is 74.2 Å². The molecule has 9 atom stereocenters. The van der Waals surface area contributed by atoms with Crippen LogP contribution in [0.25, 0.3) is 0 Å². The highest BCUT2D eigenvalue weighted by Gasteiger charge is 2.44. The maximum absolute atomic E-state index is 13.1. The van der Waals surface area contributed by atoms with Crippen LogP contribution in [0.5, 0.6) is 0 Å². The van der Waals surface area contributed by atoms with E-state index in [0.29, 0.717) is 12.8 Å². The van der Waals surface area contributed by atoms with Gasteiger partial charge >= 0.3 is 0 Å². The third-order valence-corrected chi connectivity index (χ3v) is 11.5. The summed E-state index contributed by atoms with van der Waals surface area (Å²) in [6, 6.07) is -1.19. The normalized spacial score (nSPS) is 22.1. The van der Waals surface area contributed by atoms with Gasteiger partial charge in [-0.1, -0.05) is 160 Å². The maximum atomic E-state index is 13.1. The molecule has 0 aromatic carbocycles. The van der Waals surface area contributed by atoms with Crippen LogP contribution in [0.15, 0.2) is 24.3 Å². The molecule has 1 aliphatic heterocycles. The Morgan fingerprint density at radius 2 is 1.02 bits per heavy atom. The Morgan fingerprint density at radius 3 is 1.48 bits per heavy atom. The Kier molecular flexibility index (Phi) is 35.2. The fourth-order valence-electron chi connectivity index (χ4n) is 7.49. The molecule has 9 unspecified atom stereocenters. The van der Waals surface area contributed by atoms with Crippen molar-refractivity contribution in [3.8, 4) is 0 Å². The summed E-state index contributed by atoms with van der Waals surface area (Å²) < 4.78 is 11.1. The quantitative estimate of drug-likeness (QED) is 0.0224. The van der Waals surface area contributed by atoms with Gasteiger partial charge in [0.2, 0.25) is 5.91 Å². The van der Waals surface area contributed by atoms with Crippen LogP contribution in [0.4, 0.5) is 0 Å². The van der Waals surface area contributed by atoms with E-state index in [1.165, 1.54) is 109 Å². The lowest BCUT2D eigenvalue weighted by Crippen LogP contribution is -2.60. The molecule has 1 aliphatic rings. The van der Waals surface area contributed by atoms with Crippen molar-refractivity contribution < 1.29 is 50.0 Å². The van der Waals surface area contributed by atoms with Crippen molar-refractivity contribution in [2.45, 2.75) is 255 Å². The number of hydrogen-bond donors (Lipinski definition) is 8. The summed E-state index contributed by atoms with van der Waals surface area (Å²) in [6.45, 7) is 3.41. The number of allylic oxidation sites excluding steroid dienone is 4. The van der Waals surface area contributed by atoms with Crippen LogP contribution in [0.3, 0.4) is 0 Å². The van der Waals surface area contributed by atoms with Crippen LogP contribution in [0.1, 0.15) is 200 Å². The molecule has 0 aromatic heterocycles. The van der Waals surface area contributed by atoms with Crippen LogP contribution in [-0.2, 0) is 14.3 Å². The molecular weight excluding hydrogens is 739 g/mol. The Labute approximate surface area is 353 Å². The lowest BCUT2D eigenvalue weighted by molar-refractivity contribution is -0.303. The zero-order chi connectivity index (χ0) is 42.6. The summed E-state index contributed by atoms with van der Waals surface area (Å²) in [5.74, 6) is -0.715. The number of hydrogen-bond acceptors (Lipinski definition) is 10. The van der Waals surface area contributed by atoms with Gasteiger partial charge in [0.25, 0.3) is 0 Å². The molecule has 11 heteroatoms. The molecule has 0 radical (unpaired) electrons. The molecule has 342 valence electrons. The molecule has 0 bridgehead atoms.